The van der Waals surface area contributed by atoms with Gasteiger partial charge in [-0.05, 0) is 31.7 Å². The molecular weight excluding hydrogens is 210 g/mol. The number of ketones is 1. The number of carbonyl (C=O) groups is 1. The lowest BCUT2D eigenvalue weighted by atomic mass is 9.90. The Kier molecular flexibility index (Phi) is 5.36. The van der Waals surface area contributed by atoms with Crippen molar-refractivity contribution in [3.8, 4) is 0 Å². The van der Waals surface area contributed by atoms with Gasteiger partial charge in [0.05, 0.1) is 0 Å². The third-order valence-corrected chi connectivity index (χ3v) is 2.99. The Balaban J connectivity index is 2.61. The van der Waals surface area contributed by atoms with Gasteiger partial charge in [-0.25, -0.2) is 0 Å². The normalized spacial score (nSPS) is 12.8. The van der Waals surface area contributed by atoms with E-state index in [0.29, 0.717) is 24.8 Å². The van der Waals surface area contributed by atoms with E-state index in [9.17, 15) is 4.79 Å². The minimum absolute atomic E-state index is 0.209. The summed E-state index contributed by atoms with van der Waals surface area (Å²) in [5, 5.41) is 0. The number of nitrogens with two attached hydrogens (primary N) is 1. The fourth-order valence-electron chi connectivity index (χ4n) is 2.05. The molecule has 0 aliphatic carbocycles. The molecule has 2 heteroatoms. The molecule has 0 aliphatic rings. The summed E-state index contributed by atoms with van der Waals surface area (Å²) in [7, 11) is 0. The molecule has 94 valence electrons. The predicted octanol–water partition coefficient (Wildman–Crippen LogP) is 3.19. The summed E-state index contributed by atoms with van der Waals surface area (Å²) in [6.07, 6.45) is 1.59. The van der Waals surface area contributed by atoms with Crippen LogP contribution in [0.1, 0.15) is 42.6 Å². The minimum atomic E-state index is 0.209. The molecule has 0 fully saturated rings. The van der Waals surface area contributed by atoms with E-state index >= 15 is 0 Å². The molecule has 0 amide bonds. The summed E-state index contributed by atoms with van der Waals surface area (Å²) >= 11 is 0. The largest absolute Gasteiger partial charge is 0.330 e. The fourth-order valence-corrected chi connectivity index (χ4v) is 2.05. The Morgan fingerprint density at radius 3 is 2.29 bits per heavy atom. The van der Waals surface area contributed by atoms with Crippen LogP contribution in [0.4, 0.5) is 0 Å². The maximum Gasteiger partial charge on any atom is 0.163 e. The number of rotatable bonds is 6. The second-order valence-corrected chi connectivity index (χ2v) is 5.22. The lowest BCUT2D eigenvalue weighted by Gasteiger charge is -2.16. The smallest absolute Gasteiger partial charge is 0.163 e. The van der Waals surface area contributed by atoms with Crippen molar-refractivity contribution in [1.29, 1.82) is 0 Å². The van der Waals surface area contributed by atoms with Crippen LogP contribution in [0, 0.1) is 18.8 Å². The first-order valence-corrected chi connectivity index (χ1v) is 6.32. The Morgan fingerprint density at radius 1 is 1.24 bits per heavy atom. The van der Waals surface area contributed by atoms with Crippen molar-refractivity contribution in [2.45, 2.75) is 33.6 Å². The van der Waals surface area contributed by atoms with Crippen molar-refractivity contribution >= 4 is 5.78 Å². The van der Waals surface area contributed by atoms with Crippen LogP contribution >= 0.6 is 0 Å². The molecule has 0 aliphatic heterocycles. The summed E-state index contributed by atoms with van der Waals surface area (Å²) in [5.41, 5.74) is 7.70. The quantitative estimate of drug-likeness (QED) is 0.767. The third kappa shape index (κ3) is 4.70. The lowest BCUT2D eigenvalue weighted by Crippen LogP contribution is -2.20. The van der Waals surface area contributed by atoms with Gasteiger partial charge in [-0.2, -0.15) is 0 Å². The zero-order chi connectivity index (χ0) is 12.8. The van der Waals surface area contributed by atoms with Gasteiger partial charge in [0.15, 0.2) is 5.78 Å². The molecule has 0 spiro atoms. The Morgan fingerprint density at radius 2 is 1.82 bits per heavy atom. The molecule has 1 aromatic rings. The maximum absolute atomic E-state index is 12.1. The monoisotopic (exact) mass is 233 g/mol. The highest BCUT2D eigenvalue weighted by Crippen LogP contribution is 2.17. The number of benzene rings is 1. The van der Waals surface area contributed by atoms with Crippen molar-refractivity contribution in [3.63, 3.8) is 0 Å². The molecule has 1 rings (SSSR count). The van der Waals surface area contributed by atoms with Crippen LogP contribution in [0.5, 0.6) is 0 Å². The molecule has 0 heterocycles. The molecule has 0 radical (unpaired) electrons. The second-order valence-electron chi connectivity index (χ2n) is 5.22. The molecule has 2 N–H and O–H groups in total. The van der Waals surface area contributed by atoms with Gasteiger partial charge in [0.1, 0.15) is 0 Å². The topological polar surface area (TPSA) is 43.1 Å². The zero-order valence-electron chi connectivity index (χ0n) is 11.1. The molecule has 17 heavy (non-hydrogen) atoms. The molecule has 0 saturated heterocycles. The van der Waals surface area contributed by atoms with E-state index in [1.165, 1.54) is 5.56 Å². The maximum atomic E-state index is 12.1. The van der Waals surface area contributed by atoms with Crippen LogP contribution in [-0.2, 0) is 0 Å². The highest BCUT2D eigenvalue weighted by molar-refractivity contribution is 5.96. The third-order valence-electron chi connectivity index (χ3n) is 2.99. The number of carbonyl (C=O) groups excluding carboxylic acids is 1. The van der Waals surface area contributed by atoms with E-state index < -0.39 is 0 Å². The van der Waals surface area contributed by atoms with Crippen molar-refractivity contribution in [2.24, 2.45) is 17.6 Å². The van der Waals surface area contributed by atoms with Crippen molar-refractivity contribution < 1.29 is 4.79 Å². The second kappa shape index (κ2) is 6.55. The van der Waals surface area contributed by atoms with Gasteiger partial charge in [0.25, 0.3) is 0 Å². The Bertz CT molecular complexity index is 354. The van der Waals surface area contributed by atoms with E-state index in [0.717, 1.165) is 12.0 Å². The summed E-state index contributed by atoms with van der Waals surface area (Å²) in [5.74, 6) is 1.11. The van der Waals surface area contributed by atoms with E-state index in [1.807, 2.05) is 31.2 Å². The van der Waals surface area contributed by atoms with Crippen molar-refractivity contribution in [3.05, 3.63) is 35.4 Å². The lowest BCUT2D eigenvalue weighted by molar-refractivity contribution is 0.0957. The molecule has 0 aromatic heterocycles. The average molecular weight is 233 g/mol. The summed E-state index contributed by atoms with van der Waals surface area (Å²) in [6, 6.07) is 7.77. The molecular formula is C15H23NO. The van der Waals surface area contributed by atoms with Crippen LogP contribution in [0.2, 0.25) is 0 Å². The standard InChI is InChI=1S/C15H23NO/c1-11(2)8-13(10-16)9-15(17)14-6-4-12(3)5-7-14/h4-7,11,13H,8-10,16H2,1-3H3. The van der Waals surface area contributed by atoms with Crippen LogP contribution in [-0.4, -0.2) is 12.3 Å². The first-order chi connectivity index (χ1) is 8.02. The molecule has 1 aromatic carbocycles. The van der Waals surface area contributed by atoms with Gasteiger partial charge in [-0.3, -0.25) is 4.79 Å². The minimum Gasteiger partial charge on any atom is -0.330 e. The molecule has 2 nitrogen and oxygen atoms in total. The molecule has 1 unspecified atom stereocenters. The molecule has 0 saturated carbocycles. The van der Waals surface area contributed by atoms with Gasteiger partial charge in [-0.1, -0.05) is 43.7 Å². The van der Waals surface area contributed by atoms with Gasteiger partial charge < -0.3 is 5.73 Å². The average Bonchev–Trinajstić information content (AvgIpc) is 2.28. The van der Waals surface area contributed by atoms with Gasteiger partial charge in [0, 0.05) is 12.0 Å². The van der Waals surface area contributed by atoms with Crippen molar-refractivity contribution in [1.82, 2.24) is 0 Å². The van der Waals surface area contributed by atoms with Crippen LogP contribution in [0.25, 0.3) is 0 Å². The number of Topliss-reactive ketones (excluding diaryl/α,β-unsaturated/α-hetero) is 1. The van der Waals surface area contributed by atoms with Crippen LogP contribution < -0.4 is 5.73 Å². The SMILES string of the molecule is Cc1ccc(C(=O)CC(CN)CC(C)C)cc1. The summed E-state index contributed by atoms with van der Waals surface area (Å²) < 4.78 is 0. The van der Waals surface area contributed by atoms with E-state index in [-0.39, 0.29) is 5.78 Å². The molecule has 1 atom stereocenters. The molecule has 0 bridgehead atoms. The van der Waals surface area contributed by atoms with E-state index in [2.05, 4.69) is 13.8 Å². The predicted molar refractivity (Wildman–Crippen MR) is 72.1 cm³/mol. The van der Waals surface area contributed by atoms with Crippen molar-refractivity contribution in [2.75, 3.05) is 6.54 Å². The summed E-state index contributed by atoms with van der Waals surface area (Å²) in [6.45, 7) is 6.95. The first-order valence-electron chi connectivity index (χ1n) is 6.32. The summed E-state index contributed by atoms with van der Waals surface area (Å²) in [4.78, 5) is 12.1. The first kappa shape index (κ1) is 13.9. The fraction of sp³-hybridized carbons (Fsp3) is 0.533. The van der Waals surface area contributed by atoms with Gasteiger partial charge in [0.2, 0.25) is 0 Å². The Hall–Kier alpha value is -1.15. The van der Waals surface area contributed by atoms with E-state index in [1.54, 1.807) is 0 Å². The number of aryl methyl sites for hydroxylation is 1. The highest BCUT2D eigenvalue weighted by atomic mass is 16.1. The highest BCUT2D eigenvalue weighted by Gasteiger charge is 2.15. The van der Waals surface area contributed by atoms with Crippen LogP contribution in [0.3, 0.4) is 0 Å². The van der Waals surface area contributed by atoms with Gasteiger partial charge in [-0.15, -0.1) is 0 Å². The van der Waals surface area contributed by atoms with Gasteiger partial charge >= 0.3 is 0 Å². The zero-order valence-corrected chi connectivity index (χ0v) is 11.1. The number of hydrogen-bond acceptors (Lipinski definition) is 2. The Labute approximate surface area is 104 Å². The van der Waals surface area contributed by atoms with E-state index in [4.69, 9.17) is 5.73 Å². The van der Waals surface area contributed by atoms with Crippen LogP contribution in [0.15, 0.2) is 24.3 Å². The number of hydrogen-bond donors (Lipinski definition) is 1.